The minimum Gasteiger partial charge on any atom is -0.469 e. The molecule has 0 saturated carbocycles. The van der Waals surface area contributed by atoms with Gasteiger partial charge in [0.15, 0.2) is 0 Å². The standard InChI is InChI=1S/C21H23NO4/c1-22-14-10-11-17(22)19(21(24)25-2)18(12-14)26-20(23)16-9-5-7-13-6-3-4-8-15(13)16/h3-9,14,17-19H,10-12H2,1-2H3/t14-,17?,18+,19?/m1/s1. The normalized spacial score (nSPS) is 28.1. The fraction of sp³-hybridized carbons (Fsp3) is 0.429. The van der Waals surface area contributed by atoms with E-state index in [0.29, 0.717) is 18.0 Å². The van der Waals surface area contributed by atoms with E-state index in [4.69, 9.17) is 9.47 Å². The molecule has 0 aromatic heterocycles. The van der Waals surface area contributed by atoms with Crippen LogP contribution in [0.25, 0.3) is 10.8 Å². The van der Waals surface area contributed by atoms with Crippen LogP contribution in [0, 0.1) is 5.92 Å². The van der Waals surface area contributed by atoms with Gasteiger partial charge >= 0.3 is 11.9 Å². The molecule has 136 valence electrons. The molecule has 0 amide bonds. The van der Waals surface area contributed by atoms with Crippen molar-refractivity contribution in [3.05, 3.63) is 48.0 Å². The monoisotopic (exact) mass is 353 g/mol. The second-order valence-electron chi connectivity index (χ2n) is 7.22. The van der Waals surface area contributed by atoms with E-state index >= 15 is 0 Å². The largest absolute Gasteiger partial charge is 0.469 e. The Balaban J connectivity index is 1.62. The number of hydrogen-bond donors (Lipinski definition) is 0. The van der Waals surface area contributed by atoms with E-state index in [2.05, 4.69) is 4.90 Å². The van der Waals surface area contributed by atoms with Crippen molar-refractivity contribution < 1.29 is 19.1 Å². The van der Waals surface area contributed by atoms with Gasteiger partial charge in [0, 0.05) is 18.5 Å². The molecule has 2 aromatic rings. The van der Waals surface area contributed by atoms with Gasteiger partial charge in [-0.3, -0.25) is 9.69 Å². The van der Waals surface area contributed by atoms with Crippen LogP contribution in [0.1, 0.15) is 29.6 Å². The van der Waals surface area contributed by atoms with Crippen LogP contribution in [-0.2, 0) is 14.3 Å². The van der Waals surface area contributed by atoms with Crippen LogP contribution in [0.4, 0.5) is 0 Å². The van der Waals surface area contributed by atoms with Crippen LogP contribution < -0.4 is 0 Å². The molecule has 0 radical (unpaired) electrons. The maximum atomic E-state index is 12.9. The Kier molecular flexibility index (Phi) is 4.41. The SMILES string of the molecule is COC(=O)C1C2CC[C@H](C[C@@H]1OC(=O)c1cccc3ccccc13)N2C. The summed E-state index contributed by atoms with van der Waals surface area (Å²) in [5.74, 6) is -1.09. The van der Waals surface area contributed by atoms with Gasteiger partial charge in [-0.05, 0) is 36.7 Å². The summed E-state index contributed by atoms with van der Waals surface area (Å²) in [5, 5.41) is 1.86. The molecule has 0 spiro atoms. The molecule has 5 heteroatoms. The molecule has 2 heterocycles. The van der Waals surface area contributed by atoms with Crippen LogP contribution in [0.3, 0.4) is 0 Å². The summed E-state index contributed by atoms with van der Waals surface area (Å²) < 4.78 is 10.9. The molecule has 0 aliphatic carbocycles. The summed E-state index contributed by atoms with van der Waals surface area (Å²) >= 11 is 0. The van der Waals surface area contributed by atoms with Gasteiger partial charge in [0.1, 0.15) is 12.0 Å². The minimum atomic E-state index is -0.442. The molecule has 2 aliphatic heterocycles. The lowest BCUT2D eigenvalue weighted by atomic mass is 9.87. The number of ether oxygens (including phenoxy) is 2. The zero-order chi connectivity index (χ0) is 18.3. The minimum absolute atomic E-state index is 0.0755. The second kappa shape index (κ2) is 6.72. The number of methoxy groups -OCH3 is 1. The molecule has 2 aliphatic rings. The fourth-order valence-electron chi connectivity index (χ4n) is 4.59. The van der Waals surface area contributed by atoms with Crippen molar-refractivity contribution in [3.8, 4) is 0 Å². The van der Waals surface area contributed by atoms with Crippen molar-refractivity contribution in [2.45, 2.75) is 37.5 Å². The lowest BCUT2D eigenvalue weighted by Crippen LogP contribution is -2.53. The molecule has 2 unspecified atom stereocenters. The summed E-state index contributed by atoms with van der Waals surface area (Å²) in [6.45, 7) is 0. The van der Waals surface area contributed by atoms with Crippen molar-refractivity contribution in [3.63, 3.8) is 0 Å². The predicted octanol–water partition coefficient (Wildman–Crippen LogP) is 3.02. The predicted molar refractivity (Wildman–Crippen MR) is 97.8 cm³/mol. The van der Waals surface area contributed by atoms with Crippen LogP contribution in [0.2, 0.25) is 0 Å². The van der Waals surface area contributed by atoms with Crippen molar-refractivity contribution in [1.29, 1.82) is 0 Å². The lowest BCUT2D eigenvalue weighted by molar-refractivity contribution is -0.156. The molecule has 4 atom stereocenters. The topological polar surface area (TPSA) is 55.8 Å². The molecule has 26 heavy (non-hydrogen) atoms. The number of rotatable bonds is 3. The first kappa shape index (κ1) is 17.0. The molecule has 2 bridgehead atoms. The van der Waals surface area contributed by atoms with E-state index in [1.165, 1.54) is 7.11 Å². The van der Waals surface area contributed by atoms with E-state index in [1.807, 2.05) is 43.4 Å². The first-order valence-electron chi connectivity index (χ1n) is 9.08. The number of piperidine rings is 1. The summed E-state index contributed by atoms with van der Waals surface area (Å²) in [4.78, 5) is 27.6. The van der Waals surface area contributed by atoms with E-state index in [1.54, 1.807) is 6.07 Å². The Morgan fingerprint density at radius 1 is 1.08 bits per heavy atom. The van der Waals surface area contributed by atoms with Crippen molar-refractivity contribution in [1.82, 2.24) is 4.90 Å². The first-order valence-corrected chi connectivity index (χ1v) is 9.08. The highest BCUT2D eigenvalue weighted by Crippen LogP contribution is 2.40. The summed E-state index contributed by atoms with van der Waals surface area (Å²) in [6, 6.07) is 13.8. The highest BCUT2D eigenvalue weighted by Gasteiger charge is 2.51. The molecule has 2 fully saturated rings. The highest BCUT2D eigenvalue weighted by molar-refractivity contribution is 6.04. The average molecular weight is 353 g/mol. The Labute approximate surface area is 152 Å². The van der Waals surface area contributed by atoms with E-state index in [0.717, 1.165) is 23.6 Å². The van der Waals surface area contributed by atoms with Crippen LogP contribution in [-0.4, -0.2) is 49.2 Å². The van der Waals surface area contributed by atoms with E-state index in [-0.39, 0.29) is 18.0 Å². The van der Waals surface area contributed by atoms with Crippen LogP contribution in [0.15, 0.2) is 42.5 Å². The first-order chi connectivity index (χ1) is 12.6. The number of carbonyl (C=O) groups is 2. The van der Waals surface area contributed by atoms with Gasteiger partial charge in [0.05, 0.1) is 12.7 Å². The number of nitrogens with zero attached hydrogens (tertiary/aromatic N) is 1. The Morgan fingerprint density at radius 3 is 2.65 bits per heavy atom. The van der Waals surface area contributed by atoms with Crippen molar-refractivity contribution >= 4 is 22.7 Å². The van der Waals surface area contributed by atoms with E-state index < -0.39 is 12.0 Å². The fourth-order valence-corrected chi connectivity index (χ4v) is 4.59. The van der Waals surface area contributed by atoms with E-state index in [9.17, 15) is 9.59 Å². The Hall–Kier alpha value is -2.40. The quantitative estimate of drug-likeness (QED) is 0.794. The molecular weight excluding hydrogens is 330 g/mol. The van der Waals surface area contributed by atoms with Gasteiger partial charge in [-0.1, -0.05) is 36.4 Å². The van der Waals surface area contributed by atoms with Gasteiger partial charge < -0.3 is 9.47 Å². The smallest absolute Gasteiger partial charge is 0.339 e. The number of benzene rings is 2. The van der Waals surface area contributed by atoms with Crippen molar-refractivity contribution in [2.24, 2.45) is 5.92 Å². The molecule has 5 nitrogen and oxygen atoms in total. The molecule has 2 saturated heterocycles. The van der Waals surface area contributed by atoms with Crippen LogP contribution in [0.5, 0.6) is 0 Å². The number of carbonyl (C=O) groups excluding carboxylic acids is 2. The van der Waals surface area contributed by atoms with Gasteiger partial charge in [-0.15, -0.1) is 0 Å². The average Bonchev–Trinajstić information content (AvgIpc) is 2.90. The molecule has 0 N–H and O–H groups in total. The van der Waals surface area contributed by atoms with Gasteiger partial charge in [-0.2, -0.15) is 0 Å². The van der Waals surface area contributed by atoms with Gasteiger partial charge in [0.2, 0.25) is 0 Å². The maximum Gasteiger partial charge on any atom is 0.339 e. The zero-order valence-corrected chi connectivity index (χ0v) is 15.1. The van der Waals surface area contributed by atoms with Crippen molar-refractivity contribution in [2.75, 3.05) is 14.2 Å². The lowest BCUT2D eigenvalue weighted by Gasteiger charge is -2.40. The second-order valence-corrected chi connectivity index (χ2v) is 7.22. The molecular formula is C21H23NO4. The van der Waals surface area contributed by atoms with Gasteiger partial charge in [-0.25, -0.2) is 4.79 Å². The number of fused-ring (bicyclic) bond motifs is 3. The highest BCUT2D eigenvalue weighted by atomic mass is 16.6. The maximum absolute atomic E-state index is 12.9. The molecule has 4 rings (SSSR count). The Bertz CT molecular complexity index is 844. The summed E-state index contributed by atoms with van der Waals surface area (Å²) in [6.07, 6.45) is 2.19. The zero-order valence-electron chi connectivity index (χ0n) is 15.1. The Morgan fingerprint density at radius 2 is 1.85 bits per heavy atom. The summed E-state index contributed by atoms with van der Waals surface area (Å²) in [7, 11) is 3.44. The third kappa shape index (κ3) is 2.76. The van der Waals surface area contributed by atoms with Gasteiger partial charge in [0.25, 0.3) is 0 Å². The number of hydrogen-bond acceptors (Lipinski definition) is 5. The third-order valence-corrected chi connectivity index (χ3v) is 5.96. The number of esters is 2. The molecule has 2 aromatic carbocycles. The van der Waals surface area contributed by atoms with Crippen LogP contribution >= 0.6 is 0 Å². The third-order valence-electron chi connectivity index (χ3n) is 5.96. The summed E-state index contributed by atoms with van der Waals surface area (Å²) in [5.41, 5.74) is 0.540.